The minimum Gasteiger partial charge on any atom is -0.455 e. The lowest BCUT2D eigenvalue weighted by Crippen LogP contribution is -2.28. The molecule has 2 heterocycles. The summed E-state index contributed by atoms with van der Waals surface area (Å²) in [5.74, 6) is 0. The number of furan rings is 1. The van der Waals surface area contributed by atoms with E-state index in [-0.39, 0.29) is 0 Å². The van der Waals surface area contributed by atoms with Crippen molar-refractivity contribution in [1.29, 1.82) is 0 Å². The van der Waals surface area contributed by atoms with Gasteiger partial charge in [-0.05, 0) is 93.0 Å². The fourth-order valence-electron chi connectivity index (χ4n) is 10.6. The van der Waals surface area contributed by atoms with Crippen LogP contribution in [-0.2, 0) is 5.41 Å². The van der Waals surface area contributed by atoms with Gasteiger partial charge in [0, 0.05) is 53.4 Å². The first-order chi connectivity index (χ1) is 31.7. The van der Waals surface area contributed by atoms with Gasteiger partial charge in [-0.1, -0.05) is 188 Å². The molecule has 1 aliphatic rings. The molecule has 2 nitrogen and oxygen atoms in total. The zero-order chi connectivity index (χ0) is 42.2. The first-order valence-electron chi connectivity index (χ1n) is 21.9. The molecule has 12 aromatic rings. The summed E-state index contributed by atoms with van der Waals surface area (Å²) in [6.45, 7) is 0. The number of thiophene rings is 1. The third kappa shape index (κ3) is 5.51. The molecule has 0 amide bonds. The molecular formula is C61H39NOS. The second-order valence-electron chi connectivity index (χ2n) is 16.7. The van der Waals surface area contributed by atoms with Crippen LogP contribution in [0.2, 0.25) is 0 Å². The van der Waals surface area contributed by atoms with Crippen molar-refractivity contribution in [2.45, 2.75) is 5.41 Å². The van der Waals surface area contributed by atoms with E-state index in [2.05, 4.69) is 229 Å². The van der Waals surface area contributed by atoms with E-state index in [0.717, 1.165) is 61.3 Å². The molecule has 3 heteroatoms. The zero-order valence-electron chi connectivity index (χ0n) is 34.8. The highest BCUT2D eigenvalue weighted by Crippen LogP contribution is 2.59. The van der Waals surface area contributed by atoms with Gasteiger partial charge in [-0.15, -0.1) is 11.3 Å². The van der Waals surface area contributed by atoms with Crippen molar-refractivity contribution in [3.63, 3.8) is 0 Å². The predicted molar refractivity (Wildman–Crippen MR) is 269 cm³/mol. The Morgan fingerprint density at radius 3 is 1.72 bits per heavy atom. The van der Waals surface area contributed by atoms with Crippen LogP contribution < -0.4 is 4.90 Å². The number of nitrogens with zero attached hydrogens (tertiary/aromatic N) is 1. The molecule has 64 heavy (non-hydrogen) atoms. The van der Waals surface area contributed by atoms with Gasteiger partial charge in [0.05, 0.1) is 11.1 Å². The van der Waals surface area contributed by atoms with Crippen LogP contribution in [0.15, 0.2) is 241 Å². The van der Waals surface area contributed by atoms with Crippen LogP contribution in [-0.4, -0.2) is 0 Å². The standard InChI is InChI=1S/C61H39NOS/c1-3-15-43(16-4-1)61(44-17-5-2-6-18-44)53-24-10-7-21-51(53)59-54(61)25-14-26-55(59)62(46-37-38-58-52(39-46)49-20-9-12-28-57(49)64-58)45-35-33-41(34-36-45)40-29-31-42(32-30-40)47-22-13-23-50-48-19-8-11-27-56(48)63-60(47)50/h1-39H. The lowest BCUT2D eigenvalue weighted by atomic mass is 9.68. The first kappa shape index (κ1) is 36.7. The summed E-state index contributed by atoms with van der Waals surface area (Å²) in [6, 6.07) is 86.6. The Morgan fingerprint density at radius 2 is 0.938 bits per heavy atom. The van der Waals surface area contributed by atoms with Crippen molar-refractivity contribution in [3.05, 3.63) is 259 Å². The molecule has 0 bridgehead atoms. The SMILES string of the molecule is c1ccc(C2(c3ccccc3)c3ccccc3-c3c(N(c4ccc(-c5ccc(-c6cccc7c6oc6ccccc67)cc5)cc4)c4ccc5sc6ccccc6c5c4)cccc32)cc1. The second-order valence-corrected chi connectivity index (χ2v) is 17.8. The number of fused-ring (bicyclic) bond motifs is 9. The van der Waals surface area contributed by atoms with E-state index in [4.69, 9.17) is 4.42 Å². The Bertz CT molecular complexity index is 3670. The highest BCUT2D eigenvalue weighted by atomic mass is 32.1. The predicted octanol–water partition coefficient (Wildman–Crippen LogP) is 17.1. The molecule has 0 spiro atoms. The second kappa shape index (κ2) is 14.6. The molecule has 0 radical (unpaired) electrons. The van der Waals surface area contributed by atoms with E-state index >= 15 is 0 Å². The van der Waals surface area contributed by atoms with Crippen molar-refractivity contribution >= 4 is 70.5 Å². The largest absolute Gasteiger partial charge is 0.455 e. The highest BCUT2D eigenvalue weighted by Gasteiger charge is 2.47. The van der Waals surface area contributed by atoms with Gasteiger partial charge in [-0.25, -0.2) is 0 Å². The molecule has 300 valence electrons. The number of hydrogen-bond donors (Lipinski definition) is 0. The van der Waals surface area contributed by atoms with Crippen molar-refractivity contribution < 1.29 is 4.42 Å². The topological polar surface area (TPSA) is 16.4 Å². The Balaban J connectivity index is 0.974. The molecule has 1 aliphatic carbocycles. The molecular weight excluding hydrogens is 795 g/mol. The Morgan fingerprint density at radius 1 is 0.375 bits per heavy atom. The Hall–Kier alpha value is -7.98. The van der Waals surface area contributed by atoms with Gasteiger partial charge in [0.2, 0.25) is 0 Å². The van der Waals surface area contributed by atoms with Gasteiger partial charge in [-0.3, -0.25) is 0 Å². The summed E-state index contributed by atoms with van der Waals surface area (Å²) in [5.41, 5.74) is 16.8. The van der Waals surface area contributed by atoms with Crippen LogP contribution >= 0.6 is 11.3 Å². The lowest BCUT2D eigenvalue weighted by molar-refractivity contribution is 0.670. The number of anilines is 3. The number of hydrogen-bond acceptors (Lipinski definition) is 3. The summed E-state index contributed by atoms with van der Waals surface area (Å²) in [6.07, 6.45) is 0. The van der Waals surface area contributed by atoms with Crippen LogP contribution in [0.1, 0.15) is 22.3 Å². The van der Waals surface area contributed by atoms with Crippen molar-refractivity contribution in [2.24, 2.45) is 0 Å². The van der Waals surface area contributed by atoms with Crippen LogP contribution in [0.3, 0.4) is 0 Å². The average molecular weight is 834 g/mol. The smallest absolute Gasteiger partial charge is 0.143 e. The van der Waals surface area contributed by atoms with Crippen LogP contribution in [0.4, 0.5) is 17.1 Å². The average Bonchev–Trinajstić information content (AvgIpc) is 4.04. The van der Waals surface area contributed by atoms with Crippen LogP contribution in [0.25, 0.3) is 75.5 Å². The van der Waals surface area contributed by atoms with Gasteiger partial charge in [0.15, 0.2) is 0 Å². The molecule has 0 aliphatic heterocycles. The van der Waals surface area contributed by atoms with E-state index in [1.54, 1.807) is 0 Å². The molecule has 0 saturated heterocycles. The van der Waals surface area contributed by atoms with Gasteiger partial charge >= 0.3 is 0 Å². The summed E-state index contributed by atoms with van der Waals surface area (Å²) in [5, 5.41) is 4.84. The summed E-state index contributed by atoms with van der Waals surface area (Å²) >= 11 is 1.86. The molecule has 0 N–H and O–H groups in total. The molecule has 13 rings (SSSR count). The maximum atomic E-state index is 6.40. The zero-order valence-corrected chi connectivity index (χ0v) is 35.6. The Kier molecular flexibility index (Phi) is 8.34. The minimum absolute atomic E-state index is 0.504. The molecule has 10 aromatic carbocycles. The van der Waals surface area contributed by atoms with Crippen molar-refractivity contribution in [3.8, 4) is 33.4 Å². The maximum absolute atomic E-state index is 6.40. The summed E-state index contributed by atoms with van der Waals surface area (Å²) < 4.78 is 8.99. The van der Waals surface area contributed by atoms with Gasteiger partial charge in [0.25, 0.3) is 0 Å². The van der Waals surface area contributed by atoms with Crippen LogP contribution in [0, 0.1) is 0 Å². The lowest BCUT2D eigenvalue weighted by Gasteiger charge is -2.34. The molecule has 0 fully saturated rings. The number of rotatable bonds is 7. The molecule has 2 aromatic heterocycles. The fourth-order valence-corrected chi connectivity index (χ4v) is 11.6. The van der Waals surface area contributed by atoms with Gasteiger partial charge in [0.1, 0.15) is 11.2 Å². The van der Waals surface area contributed by atoms with Gasteiger partial charge in [-0.2, -0.15) is 0 Å². The number of para-hydroxylation sites is 2. The molecule has 0 atom stereocenters. The fraction of sp³-hybridized carbons (Fsp3) is 0.0164. The normalized spacial score (nSPS) is 12.8. The number of benzene rings is 10. The summed E-state index contributed by atoms with van der Waals surface area (Å²) in [4.78, 5) is 2.48. The molecule has 0 saturated carbocycles. The Labute approximate surface area is 375 Å². The van der Waals surface area contributed by atoms with E-state index in [9.17, 15) is 0 Å². The van der Waals surface area contributed by atoms with Crippen molar-refractivity contribution in [1.82, 2.24) is 0 Å². The highest BCUT2D eigenvalue weighted by molar-refractivity contribution is 7.25. The summed E-state index contributed by atoms with van der Waals surface area (Å²) in [7, 11) is 0. The molecule has 0 unspecified atom stereocenters. The first-order valence-corrected chi connectivity index (χ1v) is 22.7. The third-order valence-electron chi connectivity index (χ3n) is 13.4. The quantitative estimate of drug-likeness (QED) is 0.159. The van der Waals surface area contributed by atoms with Gasteiger partial charge < -0.3 is 9.32 Å². The van der Waals surface area contributed by atoms with E-state index in [0.29, 0.717) is 0 Å². The maximum Gasteiger partial charge on any atom is 0.143 e. The third-order valence-corrected chi connectivity index (χ3v) is 14.5. The van der Waals surface area contributed by atoms with E-state index < -0.39 is 5.41 Å². The minimum atomic E-state index is -0.504. The van der Waals surface area contributed by atoms with Crippen molar-refractivity contribution in [2.75, 3.05) is 4.90 Å². The van der Waals surface area contributed by atoms with E-state index in [1.165, 1.54) is 53.6 Å². The van der Waals surface area contributed by atoms with E-state index in [1.807, 2.05) is 23.5 Å². The monoisotopic (exact) mass is 833 g/mol. The van der Waals surface area contributed by atoms with Crippen LogP contribution in [0.5, 0.6) is 0 Å².